The van der Waals surface area contributed by atoms with Crippen LogP contribution in [-0.2, 0) is 11.8 Å². The van der Waals surface area contributed by atoms with Gasteiger partial charge in [0, 0.05) is 37.2 Å². The van der Waals surface area contributed by atoms with Gasteiger partial charge < -0.3 is 15.2 Å². The second-order valence-corrected chi connectivity index (χ2v) is 4.74. The van der Waals surface area contributed by atoms with Crippen molar-refractivity contribution in [2.75, 3.05) is 10.6 Å². The molecule has 106 valence electrons. The van der Waals surface area contributed by atoms with Crippen LogP contribution in [0.5, 0.6) is 0 Å². The lowest BCUT2D eigenvalue weighted by molar-refractivity contribution is -0.115. The third kappa shape index (κ3) is 3.38. The van der Waals surface area contributed by atoms with Crippen LogP contribution in [0.15, 0.2) is 36.7 Å². The van der Waals surface area contributed by atoms with E-state index in [1.807, 2.05) is 49.0 Å². The number of aryl methyl sites for hydroxylation is 1. The van der Waals surface area contributed by atoms with Crippen molar-refractivity contribution in [2.45, 2.75) is 26.3 Å². The van der Waals surface area contributed by atoms with Gasteiger partial charge in [0.2, 0.25) is 5.91 Å². The van der Waals surface area contributed by atoms with Gasteiger partial charge in [-0.05, 0) is 25.1 Å². The molecule has 5 heteroatoms. The molecule has 1 aromatic heterocycles. The summed E-state index contributed by atoms with van der Waals surface area (Å²) in [6.07, 6.45) is 4.18. The maximum Gasteiger partial charge on any atom is 0.224 e. The van der Waals surface area contributed by atoms with Crippen LogP contribution in [-0.4, -0.2) is 15.5 Å². The van der Waals surface area contributed by atoms with E-state index in [4.69, 9.17) is 0 Å². The Morgan fingerprint density at radius 1 is 1.40 bits per heavy atom. The SMILES string of the molecule is CCC(=O)Nc1cccc(NC(C)c2nccn2C)c1. The van der Waals surface area contributed by atoms with Gasteiger partial charge in [-0.2, -0.15) is 0 Å². The zero-order chi connectivity index (χ0) is 14.5. The van der Waals surface area contributed by atoms with Gasteiger partial charge in [-0.3, -0.25) is 4.79 Å². The summed E-state index contributed by atoms with van der Waals surface area (Å²) in [5.41, 5.74) is 1.75. The fourth-order valence-corrected chi connectivity index (χ4v) is 2.05. The van der Waals surface area contributed by atoms with Crippen LogP contribution in [0.1, 0.15) is 32.1 Å². The second kappa shape index (κ2) is 6.23. The minimum atomic E-state index is 0.0132. The van der Waals surface area contributed by atoms with Crippen LogP contribution in [0.3, 0.4) is 0 Å². The van der Waals surface area contributed by atoms with E-state index in [-0.39, 0.29) is 11.9 Å². The number of aromatic nitrogens is 2. The van der Waals surface area contributed by atoms with Gasteiger partial charge >= 0.3 is 0 Å². The second-order valence-electron chi connectivity index (χ2n) is 4.74. The number of nitrogens with one attached hydrogen (secondary N) is 2. The highest BCUT2D eigenvalue weighted by molar-refractivity contribution is 5.90. The van der Waals surface area contributed by atoms with Crippen LogP contribution < -0.4 is 10.6 Å². The quantitative estimate of drug-likeness (QED) is 0.879. The largest absolute Gasteiger partial charge is 0.375 e. The van der Waals surface area contributed by atoms with Crippen molar-refractivity contribution in [2.24, 2.45) is 7.05 Å². The first-order valence-electron chi connectivity index (χ1n) is 6.74. The smallest absolute Gasteiger partial charge is 0.224 e. The molecule has 0 fully saturated rings. The molecule has 1 unspecified atom stereocenters. The number of hydrogen-bond donors (Lipinski definition) is 2. The van der Waals surface area contributed by atoms with Crippen molar-refractivity contribution in [1.82, 2.24) is 9.55 Å². The molecule has 1 heterocycles. The Balaban J connectivity index is 2.08. The number of anilines is 2. The average molecular weight is 272 g/mol. The first-order chi connectivity index (χ1) is 9.60. The van der Waals surface area contributed by atoms with E-state index in [2.05, 4.69) is 22.5 Å². The molecule has 0 radical (unpaired) electrons. The molecule has 0 bridgehead atoms. The highest BCUT2D eigenvalue weighted by Gasteiger charge is 2.10. The molecule has 0 spiro atoms. The summed E-state index contributed by atoms with van der Waals surface area (Å²) < 4.78 is 1.99. The van der Waals surface area contributed by atoms with Crippen molar-refractivity contribution in [1.29, 1.82) is 0 Å². The number of rotatable bonds is 5. The Bertz CT molecular complexity index is 591. The summed E-state index contributed by atoms with van der Waals surface area (Å²) in [7, 11) is 1.97. The lowest BCUT2D eigenvalue weighted by Crippen LogP contribution is -2.13. The lowest BCUT2D eigenvalue weighted by atomic mass is 10.2. The minimum Gasteiger partial charge on any atom is -0.375 e. The zero-order valence-corrected chi connectivity index (χ0v) is 12.1. The summed E-state index contributed by atoms with van der Waals surface area (Å²) in [4.78, 5) is 15.7. The third-order valence-corrected chi connectivity index (χ3v) is 3.10. The molecule has 0 aliphatic carbocycles. The molecule has 5 nitrogen and oxygen atoms in total. The summed E-state index contributed by atoms with van der Waals surface area (Å²) in [5, 5.41) is 6.23. The van der Waals surface area contributed by atoms with E-state index < -0.39 is 0 Å². The van der Waals surface area contributed by atoms with E-state index in [9.17, 15) is 4.79 Å². The average Bonchev–Trinajstić information content (AvgIpc) is 2.85. The highest BCUT2D eigenvalue weighted by atomic mass is 16.1. The summed E-state index contributed by atoms with van der Waals surface area (Å²) in [6, 6.07) is 7.78. The topological polar surface area (TPSA) is 59.0 Å². The Labute approximate surface area is 119 Å². The van der Waals surface area contributed by atoms with E-state index in [1.165, 1.54) is 0 Å². The number of amides is 1. The first-order valence-corrected chi connectivity index (χ1v) is 6.74. The molecule has 1 atom stereocenters. The lowest BCUT2D eigenvalue weighted by Gasteiger charge is -2.16. The number of carbonyl (C=O) groups is 1. The van der Waals surface area contributed by atoms with Gasteiger partial charge in [0.15, 0.2) is 0 Å². The normalized spacial score (nSPS) is 11.9. The molecule has 2 aromatic rings. The van der Waals surface area contributed by atoms with Crippen LogP contribution >= 0.6 is 0 Å². The van der Waals surface area contributed by atoms with Gasteiger partial charge in [-0.15, -0.1) is 0 Å². The standard InChI is InChI=1S/C15H20N4O/c1-4-14(20)18-13-7-5-6-12(10-13)17-11(2)15-16-8-9-19(15)3/h5-11,17H,4H2,1-3H3,(H,18,20). The van der Waals surface area contributed by atoms with Gasteiger partial charge in [0.25, 0.3) is 0 Å². The molecule has 2 rings (SSSR count). The molecular weight excluding hydrogens is 252 g/mol. The van der Waals surface area contributed by atoms with Crippen molar-refractivity contribution in [3.05, 3.63) is 42.5 Å². The Hall–Kier alpha value is -2.30. The zero-order valence-electron chi connectivity index (χ0n) is 12.1. The number of hydrogen-bond acceptors (Lipinski definition) is 3. The molecule has 0 saturated heterocycles. The summed E-state index contributed by atoms with van der Waals surface area (Å²) >= 11 is 0. The van der Waals surface area contributed by atoms with Gasteiger partial charge in [0.05, 0.1) is 6.04 Å². The van der Waals surface area contributed by atoms with Crippen LogP contribution in [0, 0.1) is 0 Å². The van der Waals surface area contributed by atoms with E-state index in [0.29, 0.717) is 6.42 Å². The molecule has 1 amide bonds. The maximum atomic E-state index is 11.4. The van der Waals surface area contributed by atoms with Crippen LogP contribution in [0.25, 0.3) is 0 Å². The summed E-state index contributed by atoms with van der Waals surface area (Å²) in [6.45, 7) is 3.89. The fourth-order valence-electron chi connectivity index (χ4n) is 2.05. The number of carbonyl (C=O) groups excluding carboxylic acids is 1. The van der Waals surface area contributed by atoms with E-state index >= 15 is 0 Å². The fraction of sp³-hybridized carbons (Fsp3) is 0.333. The molecule has 0 aliphatic heterocycles. The minimum absolute atomic E-state index is 0.0132. The molecule has 2 N–H and O–H groups in total. The van der Waals surface area contributed by atoms with Gasteiger partial charge in [-0.25, -0.2) is 4.98 Å². The van der Waals surface area contributed by atoms with Crippen molar-refractivity contribution in [3.63, 3.8) is 0 Å². The molecule has 0 aliphatic rings. The number of nitrogens with zero attached hydrogens (tertiary/aromatic N) is 2. The molecule has 1 aromatic carbocycles. The predicted octanol–water partition coefficient (Wildman–Crippen LogP) is 2.94. The van der Waals surface area contributed by atoms with Crippen molar-refractivity contribution < 1.29 is 4.79 Å². The van der Waals surface area contributed by atoms with Crippen molar-refractivity contribution in [3.8, 4) is 0 Å². The molecular formula is C15H20N4O. The highest BCUT2D eigenvalue weighted by Crippen LogP contribution is 2.20. The number of benzene rings is 1. The van der Waals surface area contributed by atoms with Gasteiger partial charge in [-0.1, -0.05) is 13.0 Å². The number of imidazole rings is 1. The Morgan fingerprint density at radius 3 is 2.80 bits per heavy atom. The monoisotopic (exact) mass is 272 g/mol. The molecule has 0 saturated carbocycles. The first kappa shape index (κ1) is 14.1. The van der Waals surface area contributed by atoms with E-state index in [0.717, 1.165) is 17.2 Å². The third-order valence-electron chi connectivity index (χ3n) is 3.10. The van der Waals surface area contributed by atoms with Crippen LogP contribution in [0.2, 0.25) is 0 Å². The van der Waals surface area contributed by atoms with Crippen molar-refractivity contribution >= 4 is 17.3 Å². The van der Waals surface area contributed by atoms with Crippen LogP contribution in [0.4, 0.5) is 11.4 Å². The van der Waals surface area contributed by atoms with E-state index in [1.54, 1.807) is 6.20 Å². The predicted molar refractivity (Wildman–Crippen MR) is 80.6 cm³/mol. The molecule has 20 heavy (non-hydrogen) atoms. The summed E-state index contributed by atoms with van der Waals surface area (Å²) in [5.74, 6) is 0.979. The van der Waals surface area contributed by atoms with Gasteiger partial charge in [0.1, 0.15) is 5.82 Å². The Morgan fingerprint density at radius 2 is 2.15 bits per heavy atom. The Kier molecular flexibility index (Phi) is 4.40. The maximum absolute atomic E-state index is 11.4.